The summed E-state index contributed by atoms with van der Waals surface area (Å²) in [7, 11) is -4.77. The molecule has 3 rings (SSSR count). The highest BCUT2D eigenvalue weighted by molar-refractivity contribution is 9.10. The van der Waals surface area contributed by atoms with E-state index in [-0.39, 0.29) is 28.9 Å². The number of hydrogen-bond donors (Lipinski definition) is 3. The molecular weight excluding hydrogens is 466 g/mol. The van der Waals surface area contributed by atoms with Gasteiger partial charge in [-0.15, -0.1) is 0 Å². The van der Waals surface area contributed by atoms with E-state index in [0.717, 1.165) is 0 Å². The SMILES string of the molecule is CCOC(=O)c1c(-c2ccccc2)[nH]c2c(C)c(Br)c(O)c(COS(=O)(=O)O)c12. The molecule has 154 valence electrons. The van der Waals surface area contributed by atoms with E-state index in [2.05, 4.69) is 25.1 Å². The molecule has 0 unspecified atom stereocenters. The third-order valence-electron chi connectivity index (χ3n) is 4.39. The molecular formula is C19H18BrNO7S. The molecule has 0 aliphatic carbocycles. The number of benzene rings is 2. The fourth-order valence-electron chi connectivity index (χ4n) is 3.12. The van der Waals surface area contributed by atoms with E-state index in [4.69, 9.17) is 9.29 Å². The van der Waals surface area contributed by atoms with E-state index in [0.29, 0.717) is 26.8 Å². The number of aryl methyl sites for hydroxylation is 1. The third kappa shape index (κ3) is 4.15. The second-order valence-electron chi connectivity index (χ2n) is 6.17. The smallest absolute Gasteiger partial charge is 0.397 e. The molecule has 3 aromatic rings. The molecule has 0 fully saturated rings. The lowest BCUT2D eigenvalue weighted by Gasteiger charge is -2.12. The van der Waals surface area contributed by atoms with Gasteiger partial charge in [0.25, 0.3) is 0 Å². The van der Waals surface area contributed by atoms with E-state index in [1.807, 2.05) is 6.07 Å². The predicted octanol–water partition coefficient (Wildman–Crippen LogP) is 4.11. The van der Waals surface area contributed by atoms with E-state index in [1.165, 1.54) is 0 Å². The normalized spacial score (nSPS) is 11.7. The maximum absolute atomic E-state index is 12.8. The summed E-state index contributed by atoms with van der Waals surface area (Å²) in [5, 5.41) is 10.9. The van der Waals surface area contributed by atoms with Gasteiger partial charge in [-0.3, -0.25) is 4.55 Å². The fraction of sp³-hybridized carbons (Fsp3) is 0.211. The largest absolute Gasteiger partial charge is 0.506 e. The van der Waals surface area contributed by atoms with Crippen molar-refractivity contribution >= 4 is 43.2 Å². The Hall–Kier alpha value is -2.40. The minimum absolute atomic E-state index is 0.0107. The van der Waals surface area contributed by atoms with Crippen LogP contribution in [0.3, 0.4) is 0 Å². The number of rotatable bonds is 6. The molecule has 0 bridgehead atoms. The van der Waals surface area contributed by atoms with Gasteiger partial charge in [-0.25, -0.2) is 8.98 Å². The molecule has 10 heteroatoms. The number of H-pyrrole nitrogens is 1. The molecule has 8 nitrogen and oxygen atoms in total. The predicted molar refractivity (Wildman–Crippen MR) is 110 cm³/mol. The number of carbonyl (C=O) groups is 1. The number of halogens is 1. The van der Waals surface area contributed by atoms with Gasteiger partial charge in [0.2, 0.25) is 0 Å². The number of hydrogen-bond acceptors (Lipinski definition) is 6. The van der Waals surface area contributed by atoms with Gasteiger partial charge < -0.3 is 14.8 Å². The van der Waals surface area contributed by atoms with Gasteiger partial charge in [-0.1, -0.05) is 30.3 Å². The van der Waals surface area contributed by atoms with Crippen molar-refractivity contribution in [1.82, 2.24) is 4.98 Å². The fourth-order valence-corrected chi connectivity index (χ4v) is 3.83. The lowest BCUT2D eigenvalue weighted by molar-refractivity contribution is 0.0529. The number of aromatic hydroxyl groups is 1. The van der Waals surface area contributed by atoms with Crippen LogP contribution in [-0.4, -0.2) is 35.6 Å². The molecule has 0 aliphatic rings. The molecule has 0 amide bonds. The Morgan fingerprint density at radius 3 is 2.48 bits per heavy atom. The van der Waals surface area contributed by atoms with Gasteiger partial charge in [0, 0.05) is 10.9 Å². The van der Waals surface area contributed by atoms with Crippen molar-refractivity contribution in [2.75, 3.05) is 6.61 Å². The Morgan fingerprint density at radius 2 is 1.90 bits per heavy atom. The molecule has 0 saturated carbocycles. The summed E-state index contributed by atoms with van der Waals surface area (Å²) in [6, 6.07) is 9.03. The first-order valence-corrected chi connectivity index (χ1v) is 10.7. The maximum Gasteiger partial charge on any atom is 0.397 e. The number of fused-ring (bicyclic) bond motifs is 1. The Labute approximate surface area is 175 Å². The zero-order valence-corrected chi connectivity index (χ0v) is 17.9. The molecule has 1 heterocycles. The van der Waals surface area contributed by atoms with Gasteiger partial charge in [0.1, 0.15) is 5.75 Å². The van der Waals surface area contributed by atoms with Crippen LogP contribution in [0.15, 0.2) is 34.8 Å². The average molecular weight is 484 g/mol. The average Bonchev–Trinajstić information content (AvgIpc) is 3.07. The van der Waals surface area contributed by atoms with Crippen molar-refractivity contribution in [3.8, 4) is 17.0 Å². The highest BCUT2D eigenvalue weighted by Crippen LogP contribution is 2.43. The van der Waals surface area contributed by atoms with Crippen molar-refractivity contribution in [3.05, 3.63) is 51.5 Å². The molecule has 1 aromatic heterocycles. The van der Waals surface area contributed by atoms with Crippen LogP contribution >= 0.6 is 15.9 Å². The molecule has 2 aromatic carbocycles. The van der Waals surface area contributed by atoms with Gasteiger partial charge in [0.15, 0.2) is 0 Å². The van der Waals surface area contributed by atoms with Gasteiger partial charge in [-0.05, 0) is 40.9 Å². The van der Waals surface area contributed by atoms with Crippen LogP contribution in [0.1, 0.15) is 28.4 Å². The number of ether oxygens (including phenoxy) is 1. The summed E-state index contributed by atoms with van der Waals surface area (Å²) in [6.07, 6.45) is 0. The van der Waals surface area contributed by atoms with Crippen molar-refractivity contribution in [1.29, 1.82) is 0 Å². The summed E-state index contributed by atoms with van der Waals surface area (Å²) in [5.74, 6) is -0.949. The summed E-state index contributed by atoms with van der Waals surface area (Å²) in [5.41, 5.74) is 2.38. The molecule has 29 heavy (non-hydrogen) atoms. The number of phenolic OH excluding ortho intramolecular Hbond substituents is 1. The minimum Gasteiger partial charge on any atom is -0.506 e. The summed E-state index contributed by atoms with van der Waals surface area (Å²) >= 11 is 3.28. The molecule has 3 N–H and O–H groups in total. The van der Waals surface area contributed by atoms with E-state index in [1.54, 1.807) is 38.1 Å². The van der Waals surface area contributed by atoms with Crippen LogP contribution in [0.25, 0.3) is 22.2 Å². The lowest BCUT2D eigenvalue weighted by Crippen LogP contribution is -2.08. The van der Waals surface area contributed by atoms with Crippen molar-refractivity contribution in [2.45, 2.75) is 20.5 Å². The summed E-state index contributed by atoms with van der Waals surface area (Å²) in [4.78, 5) is 16.0. The maximum atomic E-state index is 12.8. The van der Waals surface area contributed by atoms with Crippen molar-refractivity contribution in [2.24, 2.45) is 0 Å². The first-order valence-electron chi connectivity index (χ1n) is 8.55. The lowest BCUT2D eigenvalue weighted by atomic mass is 9.99. The first kappa shape index (κ1) is 21.3. The highest BCUT2D eigenvalue weighted by atomic mass is 79.9. The third-order valence-corrected chi connectivity index (χ3v) is 5.78. The Bertz CT molecular complexity index is 1190. The van der Waals surface area contributed by atoms with Crippen LogP contribution in [0, 0.1) is 6.92 Å². The number of nitrogens with one attached hydrogen (secondary N) is 1. The minimum atomic E-state index is -4.77. The Morgan fingerprint density at radius 1 is 1.24 bits per heavy atom. The zero-order chi connectivity index (χ0) is 21.3. The monoisotopic (exact) mass is 483 g/mol. The molecule has 0 saturated heterocycles. The van der Waals surface area contributed by atoms with Crippen LogP contribution in [-0.2, 0) is 25.9 Å². The topological polar surface area (TPSA) is 126 Å². The molecule has 0 radical (unpaired) electrons. The summed E-state index contributed by atoms with van der Waals surface area (Å²) < 4.78 is 41.2. The van der Waals surface area contributed by atoms with Crippen LogP contribution in [0.4, 0.5) is 0 Å². The summed E-state index contributed by atoms with van der Waals surface area (Å²) in [6.45, 7) is 2.83. The number of esters is 1. The van der Waals surface area contributed by atoms with E-state index < -0.39 is 23.0 Å². The van der Waals surface area contributed by atoms with Gasteiger partial charge in [0.05, 0.1) is 34.5 Å². The van der Waals surface area contributed by atoms with Gasteiger partial charge >= 0.3 is 16.4 Å². The standard InChI is InChI=1S/C19H18BrNO7S/c1-3-27-19(23)14-13-12(9-28-29(24,25)26)18(22)15(20)10(2)16(13)21-17(14)11-7-5-4-6-8-11/h4-8,21-22H,3,9H2,1-2H3,(H,24,25,26). The first-order chi connectivity index (χ1) is 13.7. The second kappa shape index (κ2) is 8.15. The van der Waals surface area contributed by atoms with Crippen LogP contribution < -0.4 is 0 Å². The van der Waals surface area contributed by atoms with E-state index in [9.17, 15) is 18.3 Å². The number of carbonyl (C=O) groups excluding carboxylic acids is 1. The van der Waals surface area contributed by atoms with E-state index >= 15 is 0 Å². The number of aromatic amines is 1. The zero-order valence-electron chi connectivity index (χ0n) is 15.5. The van der Waals surface area contributed by atoms with Crippen LogP contribution in [0.5, 0.6) is 5.75 Å². The molecule has 0 aliphatic heterocycles. The number of phenols is 1. The molecule has 0 spiro atoms. The van der Waals surface area contributed by atoms with Gasteiger partial charge in [-0.2, -0.15) is 8.42 Å². The van der Waals surface area contributed by atoms with Crippen molar-refractivity contribution < 1.29 is 31.8 Å². The van der Waals surface area contributed by atoms with Crippen LogP contribution in [0.2, 0.25) is 0 Å². The second-order valence-corrected chi connectivity index (χ2v) is 8.05. The Kier molecular flexibility index (Phi) is 5.99. The molecule has 0 atom stereocenters. The highest BCUT2D eigenvalue weighted by Gasteiger charge is 2.28. The Balaban J connectivity index is 2.41. The number of aromatic nitrogens is 1. The quantitative estimate of drug-likeness (QED) is 0.355. The van der Waals surface area contributed by atoms with Crippen molar-refractivity contribution in [3.63, 3.8) is 0 Å².